The normalized spacial score (nSPS) is 10.1. The van der Waals surface area contributed by atoms with E-state index in [1.807, 2.05) is 0 Å². The van der Waals surface area contributed by atoms with Gasteiger partial charge in [0.25, 0.3) is 0 Å². The average Bonchev–Trinajstić information content (AvgIpc) is 2.69. The van der Waals surface area contributed by atoms with E-state index in [4.69, 9.17) is 5.73 Å². The van der Waals surface area contributed by atoms with Crippen molar-refractivity contribution in [3.63, 3.8) is 0 Å². The van der Waals surface area contributed by atoms with E-state index in [2.05, 4.69) is 5.32 Å². The van der Waals surface area contributed by atoms with Crippen LogP contribution >= 0.6 is 0 Å². The standard InChI is InChI=1S/C11H10FN3O/c12-8-3-4-15(6-8)9-1-2-10(13)11(5-9)14-7-16/h1-7H,13H2,(H,14,16). The molecule has 0 saturated heterocycles. The molecule has 5 heteroatoms. The lowest BCUT2D eigenvalue weighted by Gasteiger charge is -2.08. The number of carbonyl (C=O) groups is 1. The molecule has 0 aliphatic heterocycles. The summed E-state index contributed by atoms with van der Waals surface area (Å²) < 4.78 is 14.4. The molecule has 0 unspecified atom stereocenters. The van der Waals surface area contributed by atoms with Gasteiger partial charge in [0.15, 0.2) is 0 Å². The third-order valence-corrected chi connectivity index (χ3v) is 2.21. The highest BCUT2D eigenvalue weighted by atomic mass is 19.1. The van der Waals surface area contributed by atoms with Crippen molar-refractivity contribution in [2.24, 2.45) is 0 Å². The number of carbonyl (C=O) groups excluding carboxylic acids is 1. The van der Waals surface area contributed by atoms with E-state index < -0.39 is 0 Å². The number of rotatable bonds is 3. The Bertz CT molecular complexity index is 522. The Kier molecular flexibility index (Phi) is 2.59. The van der Waals surface area contributed by atoms with Crippen LogP contribution in [-0.2, 0) is 4.79 Å². The van der Waals surface area contributed by atoms with Gasteiger partial charge in [0.2, 0.25) is 6.41 Å². The Morgan fingerprint density at radius 1 is 1.38 bits per heavy atom. The first-order chi connectivity index (χ1) is 7.70. The quantitative estimate of drug-likeness (QED) is 0.610. The number of nitrogen functional groups attached to an aromatic ring is 1. The fourth-order valence-electron chi connectivity index (χ4n) is 1.42. The van der Waals surface area contributed by atoms with Gasteiger partial charge in [0.1, 0.15) is 5.82 Å². The Morgan fingerprint density at radius 2 is 2.19 bits per heavy atom. The SMILES string of the molecule is Nc1ccc(-n2ccc(F)c2)cc1NC=O. The van der Waals surface area contributed by atoms with Crippen molar-refractivity contribution in [1.82, 2.24) is 4.57 Å². The van der Waals surface area contributed by atoms with Crippen molar-refractivity contribution in [3.8, 4) is 5.69 Å². The molecule has 3 N–H and O–H groups in total. The molecule has 0 aliphatic rings. The van der Waals surface area contributed by atoms with Crippen molar-refractivity contribution in [2.45, 2.75) is 0 Å². The molecule has 0 spiro atoms. The van der Waals surface area contributed by atoms with Gasteiger partial charge in [-0.05, 0) is 24.3 Å². The van der Waals surface area contributed by atoms with Crippen LogP contribution in [0.2, 0.25) is 0 Å². The van der Waals surface area contributed by atoms with Crippen LogP contribution in [0.3, 0.4) is 0 Å². The third kappa shape index (κ3) is 1.88. The topological polar surface area (TPSA) is 60.0 Å². The number of amides is 1. The fraction of sp³-hybridized carbons (Fsp3) is 0. The van der Waals surface area contributed by atoms with Gasteiger partial charge < -0.3 is 15.6 Å². The van der Waals surface area contributed by atoms with Gasteiger partial charge >= 0.3 is 0 Å². The van der Waals surface area contributed by atoms with E-state index in [0.717, 1.165) is 5.69 Å². The van der Waals surface area contributed by atoms with Crippen molar-refractivity contribution < 1.29 is 9.18 Å². The molecule has 82 valence electrons. The Labute approximate surface area is 91.5 Å². The summed E-state index contributed by atoms with van der Waals surface area (Å²) >= 11 is 0. The van der Waals surface area contributed by atoms with Gasteiger partial charge in [-0.1, -0.05) is 0 Å². The molecule has 4 nitrogen and oxygen atoms in total. The van der Waals surface area contributed by atoms with Crippen LogP contribution in [-0.4, -0.2) is 11.0 Å². The summed E-state index contributed by atoms with van der Waals surface area (Å²) in [5.74, 6) is -0.318. The molecule has 0 bridgehead atoms. The first-order valence-corrected chi connectivity index (χ1v) is 4.64. The maximum Gasteiger partial charge on any atom is 0.211 e. The summed E-state index contributed by atoms with van der Waals surface area (Å²) in [5, 5.41) is 2.48. The minimum atomic E-state index is -0.318. The second kappa shape index (κ2) is 4.06. The van der Waals surface area contributed by atoms with Gasteiger partial charge in [-0.15, -0.1) is 0 Å². The Balaban J connectivity index is 2.42. The molecule has 0 atom stereocenters. The van der Waals surface area contributed by atoms with Crippen LogP contribution in [0.15, 0.2) is 36.7 Å². The zero-order valence-electron chi connectivity index (χ0n) is 8.35. The summed E-state index contributed by atoms with van der Waals surface area (Å²) in [7, 11) is 0. The van der Waals surface area contributed by atoms with E-state index in [-0.39, 0.29) is 5.82 Å². The lowest BCUT2D eigenvalue weighted by Crippen LogP contribution is -2.00. The molecular weight excluding hydrogens is 209 g/mol. The maximum absolute atomic E-state index is 12.8. The number of nitrogens with two attached hydrogens (primary N) is 1. The van der Waals surface area contributed by atoms with E-state index in [1.165, 1.54) is 12.3 Å². The van der Waals surface area contributed by atoms with Crippen molar-refractivity contribution in [2.75, 3.05) is 11.1 Å². The summed E-state index contributed by atoms with van der Waals surface area (Å²) in [4.78, 5) is 10.3. The van der Waals surface area contributed by atoms with Gasteiger partial charge in [0.05, 0.1) is 11.4 Å². The first kappa shape index (κ1) is 10.2. The zero-order chi connectivity index (χ0) is 11.5. The predicted octanol–water partition coefficient (Wildman–Crippen LogP) is 1.77. The molecule has 0 saturated carbocycles. The van der Waals surface area contributed by atoms with Crippen molar-refractivity contribution in [3.05, 3.63) is 42.5 Å². The third-order valence-electron chi connectivity index (χ3n) is 2.21. The minimum Gasteiger partial charge on any atom is -0.397 e. The lowest BCUT2D eigenvalue weighted by atomic mass is 10.2. The number of aromatic nitrogens is 1. The fourth-order valence-corrected chi connectivity index (χ4v) is 1.42. The number of nitrogens with zero attached hydrogens (tertiary/aromatic N) is 1. The molecule has 0 radical (unpaired) electrons. The summed E-state index contributed by atoms with van der Waals surface area (Å²) in [5.41, 5.74) is 7.34. The van der Waals surface area contributed by atoms with Crippen molar-refractivity contribution in [1.29, 1.82) is 0 Å². The van der Waals surface area contributed by atoms with Gasteiger partial charge in [-0.25, -0.2) is 4.39 Å². The lowest BCUT2D eigenvalue weighted by molar-refractivity contribution is -0.105. The molecule has 1 amide bonds. The van der Waals surface area contributed by atoms with E-state index in [0.29, 0.717) is 17.8 Å². The van der Waals surface area contributed by atoms with Crippen LogP contribution in [0, 0.1) is 5.82 Å². The molecule has 1 heterocycles. The van der Waals surface area contributed by atoms with Gasteiger partial charge in [-0.2, -0.15) is 0 Å². The molecule has 0 fully saturated rings. The predicted molar refractivity (Wildman–Crippen MR) is 59.8 cm³/mol. The molecule has 1 aromatic heterocycles. The van der Waals surface area contributed by atoms with Crippen LogP contribution < -0.4 is 11.1 Å². The summed E-state index contributed by atoms with van der Waals surface area (Å²) in [6, 6.07) is 6.41. The summed E-state index contributed by atoms with van der Waals surface area (Å²) in [6.45, 7) is 0. The van der Waals surface area contributed by atoms with Crippen LogP contribution in [0.5, 0.6) is 0 Å². The number of halogens is 1. The Morgan fingerprint density at radius 3 is 2.81 bits per heavy atom. The first-order valence-electron chi connectivity index (χ1n) is 4.64. The second-order valence-electron chi connectivity index (χ2n) is 3.27. The van der Waals surface area contributed by atoms with Crippen LogP contribution in [0.4, 0.5) is 15.8 Å². The molecule has 0 aliphatic carbocycles. The smallest absolute Gasteiger partial charge is 0.211 e. The molecule has 2 aromatic rings. The van der Waals surface area contributed by atoms with E-state index in [9.17, 15) is 9.18 Å². The molecule has 2 rings (SSSR count). The zero-order valence-corrected chi connectivity index (χ0v) is 8.35. The van der Waals surface area contributed by atoms with E-state index in [1.54, 1.807) is 29.0 Å². The molecular formula is C11H10FN3O. The highest BCUT2D eigenvalue weighted by Crippen LogP contribution is 2.22. The molecule has 1 aromatic carbocycles. The largest absolute Gasteiger partial charge is 0.397 e. The van der Waals surface area contributed by atoms with Crippen LogP contribution in [0.1, 0.15) is 0 Å². The van der Waals surface area contributed by atoms with Crippen LogP contribution in [0.25, 0.3) is 5.69 Å². The monoisotopic (exact) mass is 219 g/mol. The Hall–Kier alpha value is -2.30. The second-order valence-corrected chi connectivity index (χ2v) is 3.27. The number of hydrogen-bond acceptors (Lipinski definition) is 2. The van der Waals surface area contributed by atoms with E-state index >= 15 is 0 Å². The number of hydrogen-bond donors (Lipinski definition) is 2. The minimum absolute atomic E-state index is 0.318. The highest BCUT2D eigenvalue weighted by molar-refractivity contribution is 5.80. The van der Waals surface area contributed by atoms with Gasteiger partial charge in [-0.3, -0.25) is 4.79 Å². The number of benzene rings is 1. The highest BCUT2D eigenvalue weighted by Gasteiger charge is 2.02. The number of nitrogens with one attached hydrogen (secondary N) is 1. The summed E-state index contributed by atoms with van der Waals surface area (Å²) in [6.07, 6.45) is 3.48. The average molecular weight is 219 g/mol. The van der Waals surface area contributed by atoms with Gasteiger partial charge in [0, 0.05) is 18.1 Å². The van der Waals surface area contributed by atoms with Crippen molar-refractivity contribution >= 4 is 17.8 Å². The number of anilines is 2. The maximum atomic E-state index is 12.8. The molecule has 16 heavy (non-hydrogen) atoms.